The molecule has 2 aromatic carbocycles. The SMILES string of the molecule is O=C(N/N=C(/c1ccccc1)c1ccccn1)c1ccccc1Cl. The van der Waals surface area contributed by atoms with Crippen LogP contribution in [0, 0.1) is 0 Å². The van der Waals surface area contributed by atoms with Gasteiger partial charge in [0.15, 0.2) is 0 Å². The maximum absolute atomic E-state index is 12.3. The molecule has 0 saturated heterocycles. The Hall–Kier alpha value is -2.98. The van der Waals surface area contributed by atoms with Crippen molar-refractivity contribution < 1.29 is 4.79 Å². The third-order valence-corrected chi connectivity index (χ3v) is 3.67. The molecule has 118 valence electrons. The van der Waals surface area contributed by atoms with Crippen molar-refractivity contribution in [2.45, 2.75) is 0 Å². The molecule has 0 atom stereocenters. The normalized spacial score (nSPS) is 11.1. The standard InChI is InChI=1S/C19H14ClN3O/c20-16-11-5-4-10-15(16)19(24)23-22-18(14-8-2-1-3-9-14)17-12-6-7-13-21-17/h1-13H,(H,23,24)/b22-18-. The van der Waals surface area contributed by atoms with E-state index < -0.39 is 0 Å². The monoisotopic (exact) mass is 335 g/mol. The number of rotatable bonds is 4. The van der Waals surface area contributed by atoms with E-state index in [4.69, 9.17) is 11.6 Å². The van der Waals surface area contributed by atoms with E-state index in [9.17, 15) is 4.79 Å². The summed E-state index contributed by atoms with van der Waals surface area (Å²) >= 11 is 6.05. The molecule has 1 heterocycles. The van der Waals surface area contributed by atoms with Gasteiger partial charge in [-0.1, -0.05) is 60.1 Å². The first-order valence-corrected chi connectivity index (χ1v) is 7.73. The Labute approximate surface area is 144 Å². The van der Waals surface area contributed by atoms with Crippen LogP contribution in [0.3, 0.4) is 0 Å². The Bertz CT molecular complexity index is 823. The first-order chi connectivity index (χ1) is 11.8. The number of hydrogen-bond acceptors (Lipinski definition) is 3. The van der Waals surface area contributed by atoms with Gasteiger partial charge in [-0.2, -0.15) is 5.10 Å². The third kappa shape index (κ3) is 3.67. The second kappa shape index (κ2) is 7.53. The summed E-state index contributed by atoms with van der Waals surface area (Å²) in [5.41, 5.74) is 5.04. The van der Waals surface area contributed by atoms with Gasteiger partial charge < -0.3 is 0 Å². The summed E-state index contributed by atoms with van der Waals surface area (Å²) < 4.78 is 0. The summed E-state index contributed by atoms with van der Waals surface area (Å²) in [4.78, 5) is 16.6. The molecule has 3 rings (SSSR count). The highest BCUT2D eigenvalue weighted by Gasteiger charge is 2.11. The summed E-state index contributed by atoms with van der Waals surface area (Å²) in [7, 11) is 0. The second-order valence-corrected chi connectivity index (χ2v) is 5.37. The number of halogens is 1. The lowest BCUT2D eigenvalue weighted by Crippen LogP contribution is -2.21. The van der Waals surface area contributed by atoms with E-state index in [1.54, 1.807) is 30.5 Å². The van der Waals surface area contributed by atoms with Gasteiger partial charge in [0, 0.05) is 11.8 Å². The number of hydrazone groups is 1. The van der Waals surface area contributed by atoms with E-state index in [-0.39, 0.29) is 5.91 Å². The Morgan fingerprint density at radius 1 is 0.917 bits per heavy atom. The summed E-state index contributed by atoms with van der Waals surface area (Å²) in [6, 6.07) is 21.9. The van der Waals surface area contributed by atoms with Crippen molar-refractivity contribution >= 4 is 23.2 Å². The van der Waals surface area contributed by atoms with Gasteiger partial charge in [-0.05, 0) is 24.3 Å². The van der Waals surface area contributed by atoms with E-state index >= 15 is 0 Å². The maximum Gasteiger partial charge on any atom is 0.272 e. The number of nitrogens with one attached hydrogen (secondary N) is 1. The van der Waals surface area contributed by atoms with Crippen molar-refractivity contribution in [3.05, 3.63) is 101 Å². The van der Waals surface area contributed by atoms with Crippen molar-refractivity contribution in [2.24, 2.45) is 5.10 Å². The maximum atomic E-state index is 12.3. The van der Waals surface area contributed by atoms with Crippen LogP contribution in [0.2, 0.25) is 5.02 Å². The highest BCUT2D eigenvalue weighted by Crippen LogP contribution is 2.15. The molecule has 0 spiro atoms. The molecule has 0 fully saturated rings. The predicted octanol–water partition coefficient (Wildman–Crippen LogP) is 3.92. The number of pyridine rings is 1. The lowest BCUT2D eigenvalue weighted by atomic mass is 10.1. The van der Waals surface area contributed by atoms with E-state index in [0.29, 0.717) is 22.0 Å². The molecule has 5 heteroatoms. The lowest BCUT2D eigenvalue weighted by Gasteiger charge is -2.07. The largest absolute Gasteiger partial charge is 0.272 e. The topological polar surface area (TPSA) is 54.4 Å². The molecule has 3 aromatic rings. The number of carbonyl (C=O) groups is 1. The summed E-state index contributed by atoms with van der Waals surface area (Å²) in [5, 5.41) is 4.66. The number of benzene rings is 2. The molecule has 0 saturated carbocycles. The minimum atomic E-state index is -0.370. The average Bonchev–Trinajstić information content (AvgIpc) is 2.64. The zero-order chi connectivity index (χ0) is 16.8. The van der Waals surface area contributed by atoms with Crippen LogP contribution in [0.15, 0.2) is 84.1 Å². The quantitative estimate of drug-likeness (QED) is 0.580. The number of carbonyl (C=O) groups excluding carboxylic acids is 1. The Morgan fingerprint density at radius 3 is 2.33 bits per heavy atom. The molecule has 1 aromatic heterocycles. The molecule has 0 radical (unpaired) electrons. The van der Waals surface area contributed by atoms with Crippen LogP contribution in [0.25, 0.3) is 0 Å². The molecule has 0 bridgehead atoms. The van der Waals surface area contributed by atoms with Gasteiger partial charge in [0.2, 0.25) is 0 Å². The average molecular weight is 336 g/mol. The third-order valence-electron chi connectivity index (χ3n) is 3.34. The molecule has 24 heavy (non-hydrogen) atoms. The van der Waals surface area contributed by atoms with Crippen LogP contribution < -0.4 is 5.43 Å². The fraction of sp³-hybridized carbons (Fsp3) is 0. The van der Waals surface area contributed by atoms with Gasteiger partial charge >= 0.3 is 0 Å². The molecular formula is C19H14ClN3O. The molecule has 0 unspecified atom stereocenters. The zero-order valence-corrected chi connectivity index (χ0v) is 13.4. The number of hydrogen-bond donors (Lipinski definition) is 1. The summed E-state index contributed by atoms with van der Waals surface area (Å²) in [5.74, 6) is -0.370. The van der Waals surface area contributed by atoms with Gasteiger partial charge in [0.1, 0.15) is 5.71 Å². The fourth-order valence-corrected chi connectivity index (χ4v) is 2.40. The van der Waals surface area contributed by atoms with E-state index in [0.717, 1.165) is 5.56 Å². The van der Waals surface area contributed by atoms with Crippen LogP contribution in [-0.4, -0.2) is 16.6 Å². The highest BCUT2D eigenvalue weighted by molar-refractivity contribution is 6.33. The van der Waals surface area contributed by atoms with Gasteiger partial charge in [0.05, 0.1) is 16.3 Å². The minimum absolute atomic E-state index is 0.370. The molecule has 1 N–H and O–H groups in total. The summed E-state index contributed by atoms with van der Waals surface area (Å²) in [6.07, 6.45) is 1.68. The van der Waals surface area contributed by atoms with Crippen molar-refractivity contribution in [1.82, 2.24) is 10.4 Å². The van der Waals surface area contributed by atoms with Gasteiger partial charge in [-0.15, -0.1) is 0 Å². The van der Waals surface area contributed by atoms with Crippen molar-refractivity contribution in [1.29, 1.82) is 0 Å². The molecule has 0 aliphatic heterocycles. The highest BCUT2D eigenvalue weighted by atomic mass is 35.5. The summed E-state index contributed by atoms with van der Waals surface area (Å²) in [6.45, 7) is 0. The van der Waals surface area contributed by atoms with Crippen LogP contribution in [0.4, 0.5) is 0 Å². The smallest absolute Gasteiger partial charge is 0.267 e. The van der Waals surface area contributed by atoms with Crippen LogP contribution in [0.5, 0.6) is 0 Å². The predicted molar refractivity (Wildman–Crippen MR) is 95.2 cm³/mol. The van der Waals surface area contributed by atoms with Gasteiger partial charge in [0.25, 0.3) is 5.91 Å². The zero-order valence-electron chi connectivity index (χ0n) is 12.7. The van der Waals surface area contributed by atoms with E-state index in [1.807, 2.05) is 48.5 Å². The Morgan fingerprint density at radius 2 is 1.62 bits per heavy atom. The van der Waals surface area contributed by atoms with Crippen molar-refractivity contribution in [3.63, 3.8) is 0 Å². The second-order valence-electron chi connectivity index (χ2n) is 4.96. The molecule has 1 amide bonds. The van der Waals surface area contributed by atoms with E-state index in [1.165, 1.54) is 0 Å². The number of nitrogens with zero attached hydrogens (tertiary/aromatic N) is 2. The van der Waals surface area contributed by atoms with Gasteiger partial charge in [-0.25, -0.2) is 5.43 Å². The van der Waals surface area contributed by atoms with Crippen molar-refractivity contribution in [2.75, 3.05) is 0 Å². The molecule has 0 aliphatic rings. The molecule has 0 aliphatic carbocycles. The van der Waals surface area contributed by atoms with E-state index in [2.05, 4.69) is 15.5 Å². The fourth-order valence-electron chi connectivity index (χ4n) is 2.18. The Kier molecular flexibility index (Phi) is 4.99. The lowest BCUT2D eigenvalue weighted by molar-refractivity contribution is 0.0955. The van der Waals surface area contributed by atoms with Crippen LogP contribution in [0.1, 0.15) is 21.6 Å². The molecule has 4 nitrogen and oxygen atoms in total. The Balaban J connectivity index is 1.93. The molecular weight excluding hydrogens is 322 g/mol. The minimum Gasteiger partial charge on any atom is -0.267 e. The van der Waals surface area contributed by atoms with Crippen LogP contribution in [-0.2, 0) is 0 Å². The van der Waals surface area contributed by atoms with Gasteiger partial charge in [-0.3, -0.25) is 9.78 Å². The number of aromatic nitrogens is 1. The van der Waals surface area contributed by atoms with Crippen molar-refractivity contribution in [3.8, 4) is 0 Å². The first-order valence-electron chi connectivity index (χ1n) is 7.35. The van der Waals surface area contributed by atoms with Crippen LogP contribution >= 0.6 is 11.6 Å². The first kappa shape index (κ1) is 15.9. The number of amides is 1.